The third-order valence-corrected chi connectivity index (χ3v) is 3.99. The summed E-state index contributed by atoms with van der Waals surface area (Å²) >= 11 is 0. The maximum atomic E-state index is 12.2. The summed E-state index contributed by atoms with van der Waals surface area (Å²) in [5.41, 5.74) is 0.842. The van der Waals surface area contributed by atoms with Gasteiger partial charge in [0.1, 0.15) is 0 Å². The van der Waals surface area contributed by atoms with Crippen molar-refractivity contribution in [2.24, 2.45) is 0 Å². The molecule has 0 aliphatic carbocycles. The molecule has 6 heteroatoms. The molecular formula is C19H20N2O4. The Kier molecular flexibility index (Phi) is 5.18. The Morgan fingerprint density at radius 1 is 1.12 bits per heavy atom. The Balaban J connectivity index is 1.53. The van der Waals surface area contributed by atoms with E-state index in [1.165, 1.54) is 0 Å². The Bertz CT molecular complexity index is 748. The van der Waals surface area contributed by atoms with Crippen LogP contribution in [-0.2, 0) is 9.59 Å². The summed E-state index contributed by atoms with van der Waals surface area (Å²) in [6.07, 6.45) is 0.287. The van der Waals surface area contributed by atoms with E-state index >= 15 is 0 Å². The van der Waals surface area contributed by atoms with Crippen LogP contribution in [0.15, 0.2) is 54.6 Å². The van der Waals surface area contributed by atoms with Crippen molar-refractivity contribution in [1.82, 2.24) is 5.32 Å². The molecule has 1 atom stereocenters. The van der Waals surface area contributed by atoms with Crippen molar-refractivity contribution in [2.45, 2.75) is 12.5 Å². The van der Waals surface area contributed by atoms with E-state index in [1.54, 1.807) is 24.1 Å². The van der Waals surface area contributed by atoms with Gasteiger partial charge in [-0.1, -0.05) is 30.3 Å². The Hall–Kier alpha value is -3.02. The van der Waals surface area contributed by atoms with Gasteiger partial charge in [-0.05, 0) is 24.3 Å². The van der Waals surface area contributed by atoms with Gasteiger partial charge >= 0.3 is 0 Å². The number of amides is 2. The first-order valence-electron chi connectivity index (χ1n) is 8.08. The van der Waals surface area contributed by atoms with Crippen LogP contribution in [0.25, 0.3) is 0 Å². The second-order valence-electron chi connectivity index (χ2n) is 5.75. The highest BCUT2D eigenvalue weighted by molar-refractivity contribution is 5.96. The lowest BCUT2D eigenvalue weighted by atomic mass is 10.2. The molecule has 1 N–H and O–H groups in total. The summed E-state index contributed by atoms with van der Waals surface area (Å²) in [6, 6.07) is 16.4. The number of carbonyl (C=O) groups is 2. The molecule has 3 rings (SSSR count). The quantitative estimate of drug-likeness (QED) is 0.873. The zero-order chi connectivity index (χ0) is 17.6. The van der Waals surface area contributed by atoms with Crippen molar-refractivity contribution in [2.75, 3.05) is 25.2 Å². The van der Waals surface area contributed by atoms with E-state index in [0.29, 0.717) is 18.0 Å². The summed E-state index contributed by atoms with van der Waals surface area (Å²) in [6.45, 7) is 0.333. The van der Waals surface area contributed by atoms with Gasteiger partial charge in [0.15, 0.2) is 18.1 Å². The summed E-state index contributed by atoms with van der Waals surface area (Å²) in [4.78, 5) is 26.0. The summed E-state index contributed by atoms with van der Waals surface area (Å²) in [7, 11) is 1.55. The third-order valence-electron chi connectivity index (χ3n) is 3.99. The van der Waals surface area contributed by atoms with Gasteiger partial charge in [-0.2, -0.15) is 0 Å². The van der Waals surface area contributed by atoms with Crippen molar-refractivity contribution in [3.05, 3.63) is 54.6 Å². The van der Waals surface area contributed by atoms with E-state index in [0.717, 1.165) is 5.69 Å². The lowest BCUT2D eigenvalue weighted by Gasteiger charge is -2.17. The smallest absolute Gasteiger partial charge is 0.258 e. The molecular weight excluding hydrogens is 320 g/mol. The standard InChI is InChI=1S/C19H20N2O4/c1-24-16-9-5-6-10-17(16)25-13-18(22)20-14-11-19(23)21(12-14)15-7-3-2-4-8-15/h2-10,14H,11-13H2,1H3,(H,20,22)/t14-/m0/s1. The molecule has 2 aromatic rings. The van der Waals surface area contributed by atoms with E-state index in [1.807, 2.05) is 42.5 Å². The first-order chi connectivity index (χ1) is 12.2. The number of nitrogens with one attached hydrogen (secondary N) is 1. The second-order valence-corrected chi connectivity index (χ2v) is 5.75. The molecule has 6 nitrogen and oxygen atoms in total. The van der Waals surface area contributed by atoms with E-state index in [4.69, 9.17) is 9.47 Å². The number of rotatable bonds is 6. The minimum Gasteiger partial charge on any atom is -0.493 e. The molecule has 0 spiro atoms. The van der Waals surface area contributed by atoms with Gasteiger partial charge in [0.05, 0.1) is 13.2 Å². The molecule has 1 fully saturated rings. The minimum absolute atomic E-state index is 0.00199. The molecule has 1 aliphatic rings. The third kappa shape index (κ3) is 4.09. The lowest BCUT2D eigenvalue weighted by Crippen LogP contribution is -2.39. The Labute approximate surface area is 146 Å². The maximum absolute atomic E-state index is 12.2. The van der Waals surface area contributed by atoms with Crippen LogP contribution in [0.2, 0.25) is 0 Å². The topological polar surface area (TPSA) is 67.9 Å². The van der Waals surface area contributed by atoms with Crippen LogP contribution >= 0.6 is 0 Å². The average molecular weight is 340 g/mol. The highest BCUT2D eigenvalue weighted by Gasteiger charge is 2.31. The highest BCUT2D eigenvalue weighted by Crippen LogP contribution is 2.25. The normalized spacial score (nSPS) is 16.6. The van der Waals surface area contributed by atoms with Crippen molar-refractivity contribution in [3.8, 4) is 11.5 Å². The number of benzene rings is 2. The van der Waals surface area contributed by atoms with Gasteiger partial charge in [-0.25, -0.2) is 0 Å². The highest BCUT2D eigenvalue weighted by atomic mass is 16.5. The molecule has 1 aliphatic heterocycles. The number of ether oxygens (including phenoxy) is 2. The van der Waals surface area contributed by atoms with Gasteiger partial charge in [0.25, 0.3) is 5.91 Å². The molecule has 1 saturated heterocycles. The monoisotopic (exact) mass is 340 g/mol. The number of hydrogen-bond donors (Lipinski definition) is 1. The minimum atomic E-state index is -0.265. The molecule has 2 amide bonds. The molecule has 1 heterocycles. The first-order valence-corrected chi connectivity index (χ1v) is 8.08. The van der Waals surface area contributed by atoms with Crippen LogP contribution in [0.5, 0.6) is 11.5 Å². The number of nitrogens with zero attached hydrogens (tertiary/aromatic N) is 1. The molecule has 0 saturated carbocycles. The fraction of sp³-hybridized carbons (Fsp3) is 0.263. The fourth-order valence-corrected chi connectivity index (χ4v) is 2.81. The van der Waals surface area contributed by atoms with Gasteiger partial charge in [0.2, 0.25) is 5.91 Å². The van der Waals surface area contributed by atoms with Crippen molar-refractivity contribution < 1.29 is 19.1 Å². The zero-order valence-electron chi connectivity index (χ0n) is 14.0. The van der Waals surface area contributed by atoms with E-state index < -0.39 is 0 Å². The molecule has 0 radical (unpaired) electrons. The molecule has 2 aromatic carbocycles. The van der Waals surface area contributed by atoms with Gasteiger partial charge in [0, 0.05) is 18.7 Å². The van der Waals surface area contributed by atoms with E-state index in [-0.39, 0.29) is 30.9 Å². The first kappa shape index (κ1) is 16.8. The summed E-state index contributed by atoms with van der Waals surface area (Å²) in [5, 5.41) is 2.85. The van der Waals surface area contributed by atoms with Crippen molar-refractivity contribution in [3.63, 3.8) is 0 Å². The lowest BCUT2D eigenvalue weighted by molar-refractivity contribution is -0.123. The zero-order valence-corrected chi connectivity index (χ0v) is 14.0. The molecule has 25 heavy (non-hydrogen) atoms. The van der Waals surface area contributed by atoms with Crippen LogP contribution in [-0.4, -0.2) is 38.1 Å². The fourth-order valence-electron chi connectivity index (χ4n) is 2.81. The van der Waals surface area contributed by atoms with Crippen LogP contribution in [0.4, 0.5) is 5.69 Å². The number of hydrogen-bond acceptors (Lipinski definition) is 4. The summed E-state index contributed by atoms with van der Waals surface area (Å²) in [5.74, 6) is 0.816. The predicted molar refractivity (Wildman–Crippen MR) is 93.8 cm³/mol. The molecule has 0 aromatic heterocycles. The SMILES string of the molecule is COc1ccccc1OCC(=O)N[C@H]1CC(=O)N(c2ccccc2)C1. The van der Waals surface area contributed by atoms with E-state index in [9.17, 15) is 9.59 Å². The maximum Gasteiger partial charge on any atom is 0.258 e. The van der Waals surface area contributed by atoms with Crippen LogP contribution in [0.1, 0.15) is 6.42 Å². The molecule has 0 unspecified atom stereocenters. The second kappa shape index (κ2) is 7.70. The number of anilines is 1. The van der Waals surface area contributed by atoms with Gasteiger partial charge in [-0.15, -0.1) is 0 Å². The molecule has 0 bridgehead atoms. The van der Waals surface area contributed by atoms with Crippen LogP contribution < -0.4 is 19.7 Å². The van der Waals surface area contributed by atoms with Crippen molar-refractivity contribution >= 4 is 17.5 Å². The number of carbonyl (C=O) groups excluding carboxylic acids is 2. The van der Waals surface area contributed by atoms with Crippen LogP contribution in [0, 0.1) is 0 Å². The predicted octanol–water partition coefficient (Wildman–Crippen LogP) is 2.00. The number of para-hydroxylation sites is 3. The average Bonchev–Trinajstić information content (AvgIpc) is 3.01. The van der Waals surface area contributed by atoms with Crippen molar-refractivity contribution in [1.29, 1.82) is 0 Å². The largest absolute Gasteiger partial charge is 0.493 e. The Morgan fingerprint density at radius 3 is 2.52 bits per heavy atom. The molecule has 130 valence electrons. The van der Waals surface area contributed by atoms with Crippen LogP contribution in [0.3, 0.4) is 0 Å². The number of methoxy groups -OCH3 is 1. The summed E-state index contributed by atoms with van der Waals surface area (Å²) < 4.78 is 10.7. The van der Waals surface area contributed by atoms with Gasteiger partial charge in [-0.3, -0.25) is 9.59 Å². The van der Waals surface area contributed by atoms with E-state index in [2.05, 4.69) is 5.32 Å². The Morgan fingerprint density at radius 2 is 1.80 bits per heavy atom. The van der Waals surface area contributed by atoms with Gasteiger partial charge < -0.3 is 19.7 Å².